The molecule has 0 aliphatic heterocycles. The van der Waals surface area contributed by atoms with Crippen molar-refractivity contribution in [2.75, 3.05) is 13.1 Å². The van der Waals surface area contributed by atoms with E-state index in [1.165, 1.54) is 64.3 Å². The molecule has 0 atom stereocenters. The molecule has 2 fully saturated rings. The van der Waals surface area contributed by atoms with Crippen LogP contribution < -0.4 is 11.1 Å². The number of rotatable bonds is 6. The van der Waals surface area contributed by atoms with E-state index in [0.717, 1.165) is 6.54 Å². The zero-order valence-electron chi connectivity index (χ0n) is 10.9. The van der Waals surface area contributed by atoms with Crippen molar-refractivity contribution < 1.29 is 0 Å². The van der Waals surface area contributed by atoms with Gasteiger partial charge >= 0.3 is 0 Å². The summed E-state index contributed by atoms with van der Waals surface area (Å²) >= 11 is 0. The van der Waals surface area contributed by atoms with Gasteiger partial charge in [0.05, 0.1) is 0 Å². The van der Waals surface area contributed by atoms with Gasteiger partial charge in [-0.3, -0.25) is 0 Å². The van der Waals surface area contributed by atoms with E-state index in [9.17, 15) is 0 Å². The summed E-state index contributed by atoms with van der Waals surface area (Å²) < 4.78 is 0. The molecule has 0 aromatic heterocycles. The average molecular weight is 224 g/mol. The molecule has 0 amide bonds. The zero-order chi connectivity index (χ0) is 11.5. The zero-order valence-corrected chi connectivity index (χ0v) is 10.9. The van der Waals surface area contributed by atoms with Gasteiger partial charge in [-0.15, -0.1) is 0 Å². The Labute approximate surface area is 100 Å². The summed E-state index contributed by atoms with van der Waals surface area (Å²) in [4.78, 5) is 0. The fraction of sp³-hybridized carbons (Fsp3) is 1.00. The predicted octanol–water partition coefficient (Wildman–Crippen LogP) is 2.82. The van der Waals surface area contributed by atoms with E-state index in [1.807, 2.05) is 0 Å². The van der Waals surface area contributed by atoms with Crippen molar-refractivity contribution in [3.8, 4) is 0 Å². The van der Waals surface area contributed by atoms with Crippen LogP contribution in [-0.4, -0.2) is 18.6 Å². The molecule has 0 heterocycles. The molecule has 2 saturated carbocycles. The topological polar surface area (TPSA) is 38.0 Å². The average Bonchev–Trinajstić information content (AvgIpc) is 2.64. The monoisotopic (exact) mass is 224 g/mol. The molecule has 16 heavy (non-hydrogen) atoms. The number of nitrogens with one attached hydrogen (secondary N) is 1. The summed E-state index contributed by atoms with van der Waals surface area (Å²) in [5.74, 6) is 0. The van der Waals surface area contributed by atoms with Crippen molar-refractivity contribution in [2.45, 2.75) is 70.3 Å². The molecule has 2 heteroatoms. The molecule has 0 saturated heterocycles. The first-order valence-electron chi connectivity index (χ1n) is 7.18. The lowest BCUT2D eigenvalue weighted by Crippen LogP contribution is -2.43. The van der Waals surface area contributed by atoms with Gasteiger partial charge in [0.2, 0.25) is 0 Å². The molecule has 3 N–H and O–H groups in total. The van der Waals surface area contributed by atoms with E-state index < -0.39 is 0 Å². The molecular formula is C14H28N2. The SMILES string of the molecule is CCC1(CNCCC2(N)CCCC2)CCC1. The van der Waals surface area contributed by atoms with E-state index >= 15 is 0 Å². The molecule has 2 nitrogen and oxygen atoms in total. The Morgan fingerprint density at radius 2 is 1.75 bits per heavy atom. The number of nitrogens with two attached hydrogens (primary N) is 1. The third-order valence-electron chi connectivity index (χ3n) is 5.06. The van der Waals surface area contributed by atoms with Gasteiger partial charge in [-0.05, 0) is 50.5 Å². The third kappa shape index (κ3) is 2.78. The highest BCUT2D eigenvalue weighted by Gasteiger charge is 2.34. The largest absolute Gasteiger partial charge is 0.325 e. The van der Waals surface area contributed by atoms with Crippen molar-refractivity contribution >= 4 is 0 Å². The Kier molecular flexibility index (Phi) is 3.91. The van der Waals surface area contributed by atoms with Crippen LogP contribution in [0.15, 0.2) is 0 Å². The van der Waals surface area contributed by atoms with E-state index in [4.69, 9.17) is 5.73 Å². The van der Waals surface area contributed by atoms with Crippen LogP contribution in [0.1, 0.15) is 64.7 Å². The van der Waals surface area contributed by atoms with Crippen molar-refractivity contribution in [1.82, 2.24) is 5.32 Å². The second kappa shape index (κ2) is 5.05. The highest BCUT2D eigenvalue weighted by atomic mass is 14.9. The highest BCUT2D eigenvalue weighted by molar-refractivity contribution is 4.91. The van der Waals surface area contributed by atoms with Crippen molar-refractivity contribution in [3.63, 3.8) is 0 Å². The van der Waals surface area contributed by atoms with Gasteiger partial charge in [0, 0.05) is 12.1 Å². The fourth-order valence-electron chi connectivity index (χ4n) is 3.35. The minimum atomic E-state index is 0.173. The molecule has 0 unspecified atom stereocenters. The Morgan fingerprint density at radius 3 is 2.25 bits per heavy atom. The van der Waals surface area contributed by atoms with E-state index in [1.54, 1.807) is 0 Å². The molecule has 0 aromatic rings. The number of hydrogen-bond donors (Lipinski definition) is 2. The summed E-state index contributed by atoms with van der Waals surface area (Å²) in [6.45, 7) is 4.68. The van der Waals surface area contributed by atoms with Crippen LogP contribution in [0.4, 0.5) is 0 Å². The van der Waals surface area contributed by atoms with Crippen LogP contribution in [0, 0.1) is 5.41 Å². The van der Waals surface area contributed by atoms with Gasteiger partial charge in [-0.25, -0.2) is 0 Å². The molecule has 2 aliphatic carbocycles. The lowest BCUT2D eigenvalue weighted by atomic mass is 9.67. The first-order chi connectivity index (χ1) is 7.68. The third-order valence-corrected chi connectivity index (χ3v) is 5.06. The number of hydrogen-bond acceptors (Lipinski definition) is 2. The normalized spacial score (nSPS) is 26.6. The molecule has 2 rings (SSSR count). The first kappa shape index (κ1) is 12.4. The van der Waals surface area contributed by atoms with Gasteiger partial charge in [-0.1, -0.05) is 26.2 Å². The van der Waals surface area contributed by atoms with Crippen LogP contribution in [0.5, 0.6) is 0 Å². The lowest BCUT2D eigenvalue weighted by molar-refractivity contribution is 0.123. The maximum atomic E-state index is 6.35. The van der Waals surface area contributed by atoms with Gasteiger partial charge < -0.3 is 11.1 Å². The Morgan fingerprint density at radius 1 is 1.06 bits per heavy atom. The van der Waals surface area contributed by atoms with Crippen LogP contribution >= 0.6 is 0 Å². The Hall–Kier alpha value is -0.0800. The minimum Gasteiger partial charge on any atom is -0.325 e. The quantitative estimate of drug-likeness (QED) is 0.681. The Balaban J connectivity index is 1.61. The van der Waals surface area contributed by atoms with Crippen LogP contribution in [0.25, 0.3) is 0 Å². The molecule has 0 aromatic carbocycles. The maximum Gasteiger partial charge on any atom is 0.0166 e. The van der Waals surface area contributed by atoms with Crippen LogP contribution in [0.3, 0.4) is 0 Å². The molecule has 2 aliphatic rings. The fourth-order valence-corrected chi connectivity index (χ4v) is 3.35. The molecule has 0 spiro atoms. The minimum absolute atomic E-state index is 0.173. The molecule has 0 bridgehead atoms. The van der Waals surface area contributed by atoms with E-state index in [0.29, 0.717) is 5.41 Å². The smallest absolute Gasteiger partial charge is 0.0166 e. The summed E-state index contributed by atoms with van der Waals surface area (Å²) in [6, 6.07) is 0. The summed E-state index contributed by atoms with van der Waals surface area (Å²) in [7, 11) is 0. The van der Waals surface area contributed by atoms with Crippen molar-refractivity contribution in [3.05, 3.63) is 0 Å². The second-order valence-electron chi connectivity index (χ2n) is 6.20. The van der Waals surface area contributed by atoms with E-state index in [2.05, 4.69) is 12.2 Å². The molecular weight excluding hydrogens is 196 g/mol. The predicted molar refractivity (Wildman–Crippen MR) is 69.4 cm³/mol. The van der Waals surface area contributed by atoms with Crippen LogP contribution in [0.2, 0.25) is 0 Å². The summed E-state index contributed by atoms with van der Waals surface area (Å²) in [6.07, 6.45) is 12.0. The standard InChI is InChI=1S/C14H28N2/c1-2-13(6-5-7-13)12-16-11-10-14(15)8-3-4-9-14/h16H,2-12,15H2,1H3. The van der Waals surface area contributed by atoms with Gasteiger partial charge in [0.15, 0.2) is 0 Å². The molecule has 0 radical (unpaired) electrons. The lowest BCUT2D eigenvalue weighted by Gasteiger charge is -2.41. The van der Waals surface area contributed by atoms with Crippen molar-refractivity contribution in [1.29, 1.82) is 0 Å². The van der Waals surface area contributed by atoms with Crippen LogP contribution in [-0.2, 0) is 0 Å². The van der Waals surface area contributed by atoms with Gasteiger partial charge in [0.1, 0.15) is 0 Å². The van der Waals surface area contributed by atoms with Crippen molar-refractivity contribution in [2.24, 2.45) is 11.1 Å². The molecule has 94 valence electrons. The summed E-state index contributed by atoms with van der Waals surface area (Å²) in [5, 5.41) is 3.65. The van der Waals surface area contributed by atoms with Gasteiger partial charge in [0.25, 0.3) is 0 Å². The Bertz CT molecular complexity index is 205. The first-order valence-corrected chi connectivity index (χ1v) is 7.18. The summed E-state index contributed by atoms with van der Waals surface area (Å²) in [5.41, 5.74) is 7.17. The highest BCUT2D eigenvalue weighted by Crippen LogP contribution is 2.43. The maximum absolute atomic E-state index is 6.35. The van der Waals surface area contributed by atoms with Gasteiger partial charge in [-0.2, -0.15) is 0 Å². The van der Waals surface area contributed by atoms with E-state index in [-0.39, 0.29) is 5.54 Å². The second-order valence-corrected chi connectivity index (χ2v) is 6.20.